The molecule has 2 rings (SSSR count). The van der Waals surface area contributed by atoms with Gasteiger partial charge in [0.15, 0.2) is 0 Å². The maximum Gasteiger partial charge on any atom is 0.137 e. The highest BCUT2D eigenvalue weighted by molar-refractivity contribution is 9.10. The summed E-state index contributed by atoms with van der Waals surface area (Å²) in [5.74, 6) is 0.569. The fraction of sp³-hybridized carbons (Fsp3) is 0.143. The molecule has 100 valence electrons. The van der Waals surface area contributed by atoms with Crippen LogP contribution in [-0.2, 0) is 0 Å². The van der Waals surface area contributed by atoms with Crippen LogP contribution in [0.4, 0.5) is 0 Å². The molecular formula is C14H11BrCl2O2. The first kappa shape index (κ1) is 14.7. The van der Waals surface area contributed by atoms with Gasteiger partial charge < -0.3 is 9.84 Å². The third-order valence-corrected chi connectivity index (χ3v) is 3.86. The molecule has 0 amide bonds. The molecule has 0 spiro atoms. The van der Waals surface area contributed by atoms with E-state index < -0.39 is 6.10 Å². The SMILES string of the molecule is COc1ccc(C(O)c2ccc(Br)cc2Cl)cc1Cl. The van der Waals surface area contributed by atoms with Gasteiger partial charge in [-0.15, -0.1) is 0 Å². The number of aliphatic hydroxyl groups excluding tert-OH is 1. The highest BCUT2D eigenvalue weighted by Crippen LogP contribution is 2.33. The fourth-order valence-corrected chi connectivity index (χ4v) is 2.80. The Labute approximate surface area is 130 Å². The number of aliphatic hydroxyl groups is 1. The molecule has 2 aromatic carbocycles. The molecule has 0 aliphatic rings. The van der Waals surface area contributed by atoms with Crippen LogP contribution >= 0.6 is 39.1 Å². The standard InChI is InChI=1S/C14H11BrCl2O2/c1-19-13-5-2-8(6-12(13)17)14(18)10-4-3-9(15)7-11(10)16/h2-7,14,18H,1H3. The Morgan fingerprint density at radius 2 is 1.84 bits per heavy atom. The summed E-state index contributed by atoms with van der Waals surface area (Å²) in [7, 11) is 1.54. The molecule has 0 radical (unpaired) electrons. The fourth-order valence-electron chi connectivity index (χ4n) is 1.76. The summed E-state index contributed by atoms with van der Waals surface area (Å²) in [6.07, 6.45) is -0.830. The number of hydrogen-bond donors (Lipinski definition) is 1. The summed E-state index contributed by atoms with van der Waals surface area (Å²) >= 11 is 15.5. The minimum Gasteiger partial charge on any atom is -0.495 e. The molecule has 0 fully saturated rings. The van der Waals surface area contributed by atoms with E-state index in [0.29, 0.717) is 26.9 Å². The Kier molecular flexibility index (Phi) is 4.74. The van der Waals surface area contributed by atoms with Crippen LogP contribution in [0.25, 0.3) is 0 Å². The van der Waals surface area contributed by atoms with Crippen molar-refractivity contribution in [2.75, 3.05) is 7.11 Å². The average Bonchev–Trinajstić information content (AvgIpc) is 2.38. The van der Waals surface area contributed by atoms with Crippen molar-refractivity contribution in [2.24, 2.45) is 0 Å². The zero-order valence-corrected chi connectivity index (χ0v) is 13.1. The molecule has 1 atom stereocenters. The van der Waals surface area contributed by atoms with Gasteiger partial charge in [-0.05, 0) is 29.8 Å². The molecule has 1 N–H and O–H groups in total. The maximum atomic E-state index is 10.4. The first-order chi connectivity index (χ1) is 9.02. The van der Waals surface area contributed by atoms with Gasteiger partial charge >= 0.3 is 0 Å². The predicted octanol–water partition coefficient (Wildman–Crippen LogP) is 4.85. The van der Waals surface area contributed by atoms with Gasteiger partial charge in [0, 0.05) is 15.1 Å². The third kappa shape index (κ3) is 3.23. The van der Waals surface area contributed by atoms with E-state index >= 15 is 0 Å². The van der Waals surface area contributed by atoms with Crippen molar-refractivity contribution in [3.8, 4) is 5.75 Å². The Hall–Kier alpha value is -0.740. The summed E-state index contributed by atoms with van der Waals surface area (Å²) in [6, 6.07) is 10.5. The number of halogens is 3. The van der Waals surface area contributed by atoms with Gasteiger partial charge in [0.2, 0.25) is 0 Å². The lowest BCUT2D eigenvalue weighted by Gasteiger charge is -2.14. The number of hydrogen-bond acceptors (Lipinski definition) is 2. The van der Waals surface area contributed by atoms with Crippen LogP contribution in [0.5, 0.6) is 5.75 Å². The zero-order valence-electron chi connectivity index (χ0n) is 10.0. The molecule has 0 saturated carbocycles. The second-order valence-electron chi connectivity index (χ2n) is 3.96. The Morgan fingerprint density at radius 1 is 1.11 bits per heavy atom. The Balaban J connectivity index is 2.38. The normalized spacial score (nSPS) is 12.3. The van der Waals surface area contributed by atoms with Gasteiger partial charge in [0.25, 0.3) is 0 Å². The minimum atomic E-state index is -0.830. The molecule has 0 bridgehead atoms. The van der Waals surface area contributed by atoms with Gasteiger partial charge in [0.1, 0.15) is 11.9 Å². The number of benzene rings is 2. The van der Waals surface area contributed by atoms with E-state index in [2.05, 4.69) is 15.9 Å². The summed E-state index contributed by atoms with van der Waals surface area (Å²) in [4.78, 5) is 0. The van der Waals surface area contributed by atoms with Crippen LogP contribution in [-0.4, -0.2) is 12.2 Å². The van der Waals surface area contributed by atoms with Crippen molar-refractivity contribution in [3.63, 3.8) is 0 Å². The van der Waals surface area contributed by atoms with Crippen LogP contribution in [0.3, 0.4) is 0 Å². The zero-order chi connectivity index (χ0) is 14.0. The minimum absolute atomic E-state index is 0.451. The lowest BCUT2D eigenvalue weighted by molar-refractivity contribution is 0.220. The summed E-state index contributed by atoms with van der Waals surface area (Å²) in [6.45, 7) is 0. The number of rotatable bonds is 3. The monoisotopic (exact) mass is 360 g/mol. The van der Waals surface area contributed by atoms with E-state index in [1.54, 1.807) is 37.4 Å². The van der Waals surface area contributed by atoms with E-state index in [1.807, 2.05) is 6.07 Å². The van der Waals surface area contributed by atoms with Gasteiger partial charge in [0.05, 0.1) is 12.1 Å². The van der Waals surface area contributed by atoms with Gasteiger partial charge in [-0.3, -0.25) is 0 Å². The van der Waals surface area contributed by atoms with Gasteiger partial charge in [-0.1, -0.05) is 51.3 Å². The Morgan fingerprint density at radius 3 is 2.42 bits per heavy atom. The largest absolute Gasteiger partial charge is 0.495 e. The maximum absolute atomic E-state index is 10.4. The van der Waals surface area contributed by atoms with Crippen molar-refractivity contribution in [2.45, 2.75) is 6.10 Å². The second kappa shape index (κ2) is 6.14. The molecule has 2 nitrogen and oxygen atoms in total. The molecule has 0 aliphatic carbocycles. The molecule has 0 aliphatic heterocycles. The van der Waals surface area contributed by atoms with E-state index in [0.717, 1.165) is 4.47 Å². The highest BCUT2D eigenvalue weighted by Gasteiger charge is 2.15. The number of ether oxygens (including phenoxy) is 1. The number of methoxy groups -OCH3 is 1. The molecule has 0 aromatic heterocycles. The van der Waals surface area contributed by atoms with E-state index in [-0.39, 0.29) is 0 Å². The Bertz CT molecular complexity index is 602. The van der Waals surface area contributed by atoms with Crippen molar-refractivity contribution < 1.29 is 9.84 Å². The first-order valence-electron chi connectivity index (χ1n) is 5.49. The van der Waals surface area contributed by atoms with Crippen LogP contribution in [0, 0.1) is 0 Å². The van der Waals surface area contributed by atoms with E-state index in [4.69, 9.17) is 27.9 Å². The summed E-state index contributed by atoms with van der Waals surface area (Å²) in [5.41, 5.74) is 1.29. The predicted molar refractivity (Wildman–Crippen MR) is 81.2 cm³/mol. The lowest BCUT2D eigenvalue weighted by Crippen LogP contribution is -2.01. The van der Waals surface area contributed by atoms with Crippen molar-refractivity contribution in [1.29, 1.82) is 0 Å². The smallest absolute Gasteiger partial charge is 0.137 e. The van der Waals surface area contributed by atoms with Crippen molar-refractivity contribution in [3.05, 3.63) is 62.0 Å². The molecule has 2 aromatic rings. The van der Waals surface area contributed by atoms with Gasteiger partial charge in [-0.2, -0.15) is 0 Å². The molecule has 0 heterocycles. The van der Waals surface area contributed by atoms with Gasteiger partial charge in [-0.25, -0.2) is 0 Å². The lowest BCUT2D eigenvalue weighted by atomic mass is 10.0. The molecule has 19 heavy (non-hydrogen) atoms. The highest BCUT2D eigenvalue weighted by atomic mass is 79.9. The van der Waals surface area contributed by atoms with Crippen LogP contribution in [0.1, 0.15) is 17.2 Å². The van der Waals surface area contributed by atoms with Crippen molar-refractivity contribution in [1.82, 2.24) is 0 Å². The molecular weight excluding hydrogens is 351 g/mol. The van der Waals surface area contributed by atoms with Crippen molar-refractivity contribution >= 4 is 39.1 Å². The third-order valence-electron chi connectivity index (χ3n) is 2.75. The van der Waals surface area contributed by atoms with Crippen LogP contribution in [0.15, 0.2) is 40.9 Å². The first-order valence-corrected chi connectivity index (χ1v) is 7.04. The van der Waals surface area contributed by atoms with E-state index in [9.17, 15) is 5.11 Å². The molecule has 0 saturated heterocycles. The average molecular weight is 362 g/mol. The van der Waals surface area contributed by atoms with E-state index in [1.165, 1.54) is 0 Å². The summed E-state index contributed by atoms with van der Waals surface area (Å²) < 4.78 is 5.94. The molecule has 1 unspecified atom stereocenters. The quantitative estimate of drug-likeness (QED) is 0.846. The topological polar surface area (TPSA) is 29.5 Å². The van der Waals surface area contributed by atoms with Crippen LogP contribution in [0.2, 0.25) is 10.0 Å². The molecule has 5 heteroatoms. The summed E-state index contributed by atoms with van der Waals surface area (Å²) in [5, 5.41) is 11.3. The van der Waals surface area contributed by atoms with Crippen LogP contribution < -0.4 is 4.74 Å². The second-order valence-corrected chi connectivity index (χ2v) is 5.69.